The van der Waals surface area contributed by atoms with Gasteiger partial charge >= 0.3 is 0 Å². The lowest BCUT2D eigenvalue weighted by Crippen LogP contribution is -2.18. The summed E-state index contributed by atoms with van der Waals surface area (Å²) in [7, 11) is 0. The molecule has 0 saturated carbocycles. The summed E-state index contributed by atoms with van der Waals surface area (Å²) in [5, 5.41) is 14.6. The van der Waals surface area contributed by atoms with Crippen molar-refractivity contribution in [3.63, 3.8) is 0 Å². The monoisotopic (exact) mass is 357 g/mol. The molecule has 27 heavy (non-hydrogen) atoms. The van der Waals surface area contributed by atoms with E-state index in [2.05, 4.69) is 50.2 Å². The maximum Gasteiger partial charge on any atom is 0.165 e. The summed E-state index contributed by atoms with van der Waals surface area (Å²) in [5.74, 6) is 0.169. The van der Waals surface area contributed by atoms with Crippen molar-refractivity contribution in [3.05, 3.63) is 100 Å². The molecular formula is C24H23NO2. The maximum absolute atomic E-state index is 10.1. The van der Waals surface area contributed by atoms with Crippen LogP contribution in [0.2, 0.25) is 0 Å². The predicted molar refractivity (Wildman–Crippen MR) is 108 cm³/mol. The van der Waals surface area contributed by atoms with Crippen molar-refractivity contribution in [2.75, 3.05) is 0 Å². The Morgan fingerprint density at radius 2 is 1.48 bits per heavy atom. The SMILES string of the molecule is Cc1cc(C)c(C2=NO[C@@H](c3ccccc3)[C@@H]2c2cccc(O)c2)c(C)c1. The van der Waals surface area contributed by atoms with Gasteiger partial charge in [0.25, 0.3) is 0 Å². The molecule has 0 saturated heterocycles. The summed E-state index contributed by atoms with van der Waals surface area (Å²) < 4.78 is 0. The van der Waals surface area contributed by atoms with Gasteiger partial charge in [0.15, 0.2) is 6.10 Å². The van der Waals surface area contributed by atoms with Crippen LogP contribution >= 0.6 is 0 Å². The third kappa shape index (κ3) is 3.21. The lowest BCUT2D eigenvalue weighted by atomic mass is 9.81. The number of phenolic OH excluding ortho intramolecular Hbond substituents is 1. The average molecular weight is 357 g/mol. The van der Waals surface area contributed by atoms with Gasteiger partial charge < -0.3 is 9.94 Å². The van der Waals surface area contributed by atoms with Crippen molar-refractivity contribution in [3.8, 4) is 5.75 Å². The molecule has 3 aromatic rings. The quantitative estimate of drug-likeness (QED) is 0.665. The molecule has 3 aromatic carbocycles. The molecule has 0 bridgehead atoms. The lowest BCUT2D eigenvalue weighted by Gasteiger charge is -2.22. The summed E-state index contributed by atoms with van der Waals surface area (Å²) in [6.07, 6.45) is -0.219. The molecule has 3 nitrogen and oxygen atoms in total. The molecule has 0 aliphatic carbocycles. The Morgan fingerprint density at radius 1 is 0.815 bits per heavy atom. The third-order valence-electron chi connectivity index (χ3n) is 5.15. The molecular weight excluding hydrogens is 334 g/mol. The number of hydrogen-bond acceptors (Lipinski definition) is 3. The normalized spacial score (nSPS) is 18.9. The first-order chi connectivity index (χ1) is 13.0. The first-order valence-corrected chi connectivity index (χ1v) is 9.20. The smallest absolute Gasteiger partial charge is 0.165 e. The average Bonchev–Trinajstić information content (AvgIpc) is 3.06. The third-order valence-corrected chi connectivity index (χ3v) is 5.15. The molecule has 1 heterocycles. The van der Waals surface area contributed by atoms with Crippen molar-refractivity contribution in [1.82, 2.24) is 0 Å². The molecule has 0 unspecified atom stereocenters. The number of hydrogen-bond donors (Lipinski definition) is 1. The molecule has 0 fully saturated rings. The number of nitrogens with zero attached hydrogens (tertiary/aromatic N) is 1. The van der Waals surface area contributed by atoms with Crippen LogP contribution in [-0.4, -0.2) is 10.8 Å². The number of phenols is 1. The van der Waals surface area contributed by atoms with E-state index in [1.54, 1.807) is 6.07 Å². The van der Waals surface area contributed by atoms with E-state index in [4.69, 9.17) is 4.84 Å². The molecule has 0 amide bonds. The van der Waals surface area contributed by atoms with Crippen molar-refractivity contribution >= 4 is 5.71 Å². The van der Waals surface area contributed by atoms with E-state index in [0.29, 0.717) is 0 Å². The van der Waals surface area contributed by atoms with Gasteiger partial charge in [-0.2, -0.15) is 0 Å². The van der Waals surface area contributed by atoms with Crippen LogP contribution in [0.1, 0.15) is 45.4 Å². The van der Waals surface area contributed by atoms with Crippen molar-refractivity contribution in [2.45, 2.75) is 32.8 Å². The predicted octanol–water partition coefficient (Wildman–Crippen LogP) is 5.58. The van der Waals surface area contributed by atoms with Gasteiger partial charge in [-0.05, 0) is 55.2 Å². The second-order valence-corrected chi connectivity index (χ2v) is 7.26. The number of aryl methyl sites for hydroxylation is 3. The summed E-state index contributed by atoms with van der Waals surface area (Å²) in [6.45, 7) is 6.34. The minimum atomic E-state index is -0.219. The van der Waals surface area contributed by atoms with Crippen LogP contribution < -0.4 is 0 Å². The molecule has 1 aliphatic heterocycles. The van der Waals surface area contributed by atoms with E-state index in [-0.39, 0.29) is 17.8 Å². The van der Waals surface area contributed by atoms with E-state index in [9.17, 15) is 5.11 Å². The summed E-state index contributed by atoms with van der Waals surface area (Å²) in [6, 6.07) is 21.9. The largest absolute Gasteiger partial charge is 0.508 e. The molecule has 0 radical (unpaired) electrons. The second kappa shape index (κ2) is 6.92. The van der Waals surface area contributed by atoms with E-state index in [0.717, 1.165) is 22.4 Å². The molecule has 3 heteroatoms. The topological polar surface area (TPSA) is 41.8 Å². The fourth-order valence-electron chi connectivity index (χ4n) is 4.11. The van der Waals surface area contributed by atoms with Gasteiger partial charge in [0, 0.05) is 5.56 Å². The highest BCUT2D eigenvalue weighted by Gasteiger charge is 2.38. The van der Waals surface area contributed by atoms with Gasteiger partial charge in [0.1, 0.15) is 5.75 Å². The van der Waals surface area contributed by atoms with Crippen LogP contribution in [0.15, 0.2) is 71.9 Å². The van der Waals surface area contributed by atoms with Crippen LogP contribution in [-0.2, 0) is 4.84 Å². The Kier molecular flexibility index (Phi) is 4.44. The number of rotatable bonds is 3. The summed E-state index contributed by atoms with van der Waals surface area (Å²) >= 11 is 0. The minimum absolute atomic E-state index is 0.0837. The standard InChI is InChI=1S/C24H23NO2/c1-15-12-16(2)21(17(3)13-15)23-22(19-10-7-11-20(26)14-19)24(27-25-23)18-8-5-4-6-9-18/h4-14,22,24,26H,1-3H3/t22-,24+/m1/s1. The second-order valence-electron chi connectivity index (χ2n) is 7.26. The van der Waals surface area contributed by atoms with E-state index in [1.165, 1.54) is 16.7 Å². The van der Waals surface area contributed by atoms with Gasteiger partial charge in [-0.15, -0.1) is 0 Å². The zero-order valence-corrected chi connectivity index (χ0v) is 15.8. The van der Waals surface area contributed by atoms with E-state index in [1.807, 2.05) is 36.4 Å². The fraction of sp³-hybridized carbons (Fsp3) is 0.208. The van der Waals surface area contributed by atoms with Crippen LogP contribution in [0, 0.1) is 20.8 Å². The number of benzene rings is 3. The zero-order valence-electron chi connectivity index (χ0n) is 15.8. The van der Waals surface area contributed by atoms with Crippen LogP contribution in [0.3, 0.4) is 0 Å². The summed E-state index contributed by atoms with van der Waals surface area (Å²) in [5.41, 5.74) is 7.74. The number of aromatic hydroxyl groups is 1. The minimum Gasteiger partial charge on any atom is -0.508 e. The molecule has 2 atom stereocenters. The molecule has 1 aliphatic rings. The highest BCUT2D eigenvalue weighted by atomic mass is 16.6. The van der Waals surface area contributed by atoms with Crippen LogP contribution in [0.4, 0.5) is 0 Å². The zero-order chi connectivity index (χ0) is 19.0. The molecule has 136 valence electrons. The van der Waals surface area contributed by atoms with Gasteiger partial charge in [-0.1, -0.05) is 65.3 Å². The fourth-order valence-corrected chi connectivity index (χ4v) is 4.11. The van der Waals surface area contributed by atoms with E-state index < -0.39 is 0 Å². The van der Waals surface area contributed by atoms with Crippen molar-refractivity contribution in [2.24, 2.45) is 5.16 Å². The Balaban J connectivity index is 1.86. The Hall–Kier alpha value is -3.07. The Bertz CT molecular complexity index is 985. The highest BCUT2D eigenvalue weighted by Crippen LogP contribution is 2.43. The summed E-state index contributed by atoms with van der Waals surface area (Å²) in [4.78, 5) is 5.96. The van der Waals surface area contributed by atoms with Crippen molar-refractivity contribution < 1.29 is 9.94 Å². The Morgan fingerprint density at radius 3 is 2.15 bits per heavy atom. The first-order valence-electron chi connectivity index (χ1n) is 9.20. The van der Waals surface area contributed by atoms with Crippen molar-refractivity contribution in [1.29, 1.82) is 0 Å². The molecule has 1 N–H and O–H groups in total. The molecule has 0 aromatic heterocycles. The number of oxime groups is 1. The highest BCUT2D eigenvalue weighted by molar-refractivity contribution is 6.08. The Labute approximate surface area is 159 Å². The van der Waals surface area contributed by atoms with Crippen LogP contribution in [0.5, 0.6) is 5.75 Å². The van der Waals surface area contributed by atoms with Gasteiger partial charge in [0.2, 0.25) is 0 Å². The molecule has 0 spiro atoms. The van der Waals surface area contributed by atoms with E-state index >= 15 is 0 Å². The van der Waals surface area contributed by atoms with Gasteiger partial charge in [-0.25, -0.2) is 0 Å². The van der Waals surface area contributed by atoms with Gasteiger partial charge in [0.05, 0.1) is 11.6 Å². The first kappa shape index (κ1) is 17.3. The van der Waals surface area contributed by atoms with Gasteiger partial charge in [-0.3, -0.25) is 0 Å². The lowest BCUT2D eigenvalue weighted by molar-refractivity contribution is 0.0762. The molecule has 4 rings (SSSR count). The van der Waals surface area contributed by atoms with Crippen LogP contribution in [0.25, 0.3) is 0 Å². The maximum atomic E-state index is 10.1.